The Morgan fingerprint density at radius 1 is 1.17 bits per heavy atom. The lowest BCUT2D eigenvalue weighted by molar-refractivity contribution is -0.384. The van der Waals surface area contributed by atoms with E-state index in [1.807, 2.05) is 30.3 Å². The molecule has 1 aromatic heterocycles. The van der Waals surface area contributed by atoms with Crippen molar-refractivity contribution in [2.45, 2.75) is 13.0 Å². The van der Waals surface area contributed by atoms with E-state index in [0.29, 0.717) is 0 Å². The SMILES string of the molecule is NC(=O)CCN(Cc1ccccc1)C(=O)c1ccc(-n2cncn2)c([N+](=O)[O-])c1. The summed E-state index contributed by atoms with van der Waals surface area (Å²) in [6, 6.07) is 13.3. The molecule has 3 rings (SSSR count). The minimum Gasteiger partial charge on any atom is -0.370 e. The molecule has 0 atom stereocenters. The van der Waals surface area contributed by atoms with Gasteiger partial charge in [0, 0.05) is 31.1 Å². The van der Waals surface area contributed by atoms with Crippen LogP contribution in [-0.4, -0.2) is 42.9 Å². The van der Waals surface area contributed by atoms with Crippen molar-refractivity contribution in [3.63, 3.8) is 0 Å². The highest BCUT2D eigenvalue weighted by Gasteiger charge is 2.23. The lowest BCUT2D eigenvalue weighted by Crippen LogP contribution is -2.33. The molecule has 2 amide bonds. The number of nitro groups is 1. The Labute approximate surface area is 165 Å². The maximum Gasteiger partial charge on any atom is 0.295 e. The van der Waals surface area contributed by atoms with Crippen molar-refractivity contribution in [2.75, 3.05) is 6.54 Å². The predicted octanol–water partition coefficient (Wildman–Crippen LogP) is 1.69. The highest BCUT2D eigenvalue weighted by Crippen LogP contribution is 2.24. The van der Waals surface area contributed by atoms with Crippen molar-refractivity contribution >= 4 is 17.5 Å². The van der Waals surface area contributed by atoms with Gasteiger partial charge in [0.1, 0.15) is 18.3 Å². The Morgan fingerprint density at radius 2 is 1.93 bits per heavy atom. The third kappa shape index (κ3) is 4.80. The van der Waals surface area contributed by atoms with Crippen LogP contribution < -0.4 is 5.73 Å². The van der Waals surface area contributed by atoms with Crippen LogP contribution in [0.4, 0.5) is 5.69 Å². The molecule has 2 aromatic carbocycles. The van der Waals surface area contributed by atoms with Crippen LogP contribution in [0.5, 0.6) is 0 Å². The summed E-state index contributed by atoms with van der Waals surface area (Å²) in [5.74, 6) is -0.980. The largest absolute Gasteiger partial charge is 0.370 e. The van der Waals surface area contributed by atoms with E-state index >= 15 is 0 Å². The number of nitro benzene ring substituents is 1. The van der Waals surface area contributed by atoms with E-state index < -0.39 is 16.7 Å². The first-order valence-corrected chi connectivity index (χ1v) is 8.70. The number of primary amides is 1. The first-order chi connectivity index (χ1) is 14.0. The van der Waals surface area contributed by atoms with Crippen molar-refractivity contribution in [3.05, 3.63) is 82.4 Å². The van der Waals surface area contributed by atoms with Crippen LogP contribution in [0.25, 0.3) is 5.69 Å². The summed E-state index contributed by atoms with van der Waals surface area (Å²) in [6.45, 7) is 0.341. The van der Waals surface area contributed by atoms with Gasteiger partial charge in [0.05, 0.1) is 4.92 Å². The van der Waals surface area contributed by atoms with Crippen molar-refractivity contribution in [1.29, 1.82) is 0 Å². The zero-order valence-corrected chi connectivity index (χ0v) is 15.3. The number of carbonyl (C=O) groups excluding carboxylic acids is 2. The molecule has 0 bridgehead atoms. The van der Waals surface area contributed by atoms with Gasteiger partial charge in [-0.05, 0) is 17.7 Å². The number of hydrogen-bond acceptors (Lipinski definition) is 6. The molecule has 0 saturated heterocycles. The fourth-order valence-electron chi connectivity index (χ4n) is 2.81. The number of rotatable bonds is 8. The topological polar surface area (TPSA) is 137 Å². The monoisotopic (exact) mass is 394 g/mol. The number of aromatic nitrogens is 3. The van der Waals surface area contributed by atoms with Crippen molar-refractivity contribution in [1.82, 2.24) is 19.7 Å². The third-order valence-corrected chi connectivity index (χ3v) is 4.22. The van der Waals surface area contributed by atoms with E-state index in [9.17, 15) is 19.7 Å². The Balaban J connectivity index is 1.92. The molecule has 10 nitrogen and oxygen atoms in total. The van der Waals surface area contributed by atoms with Gasteiger partial charge in [-0.2, -0.15) is 5.10 Å². The number of benzene rings is 2. The van der Waals surface area contributed by atoms with Crippen LogP contribution in [0, 0.1) is 10.1 Å². The van der Waals surface area contributed by atoms with Crippen molar-refractivity contribution in [3.8, 4) is 5.69 Å². The maximum absolute atomic E-state index is 13.1. The summed E-state index contributed by atoms with van der Waals surface area (Å²) in [7, 11) is 0. The molecule has 0 saturated carbocycles. The smallest absolute Gasteiger partial charge is 0.295 e. The Morgan fingerprint density at radius 3 is 2.55 bits per heavy atom. The first-order valence-electron chi connectivity index (χ1n) is 8.70. The van der Waals surface area contributed by atoms with Gasteiger partial charge < -0.3 is 10.6 Å². The minimum absolute atomic E-state index is 0.0162. The van der Waals surface area contributed by atoms with Crippen molar-refractivity contribution < 1.29 is 14.5 Å². The third-order valence-electron chi connectivity index (χ3n) is 4.22. The molecule has 0 aliphatic rings. The van der Waals surface area contributed by atoms with E-state index in [2.05, 4.69) is 10.1 Å². The van der Waals surface area contributed by atoms with Crippen LogP contribution >= 0.6 is 0 Å². The Kier molecular flexibility index (Phi) is 5.93. The molecule has 0 aliphatic heterocycles. The molecule has 0 spiro atoms. The number of carbonyl (C=O) groups is 2. The number of amides is 2. The summed E-state index contributed by atoms with van der Waals surface area (Å²) in [5.41, 5.74) is 6.12. The maximum atomic E-state index is 13.1. The zero-order chi connectivity index (χ0) is 20.8. The average Bonchev–Trinajstić information content (AvgIpc) is 3.25. The highest BCUT2D eigenvalue weighted by atomic mass is 16.6. The molecule has 0 fully saturated rings. The fourth-order valence-corrected chi connectivity index (χ4v) is 2.81. The lowest BCUT2D eigenvalue weighted by atomic mass is 10.1. The van der Waals surface area contributed by atoms with Crippen molar-refractivity contribution in [2.24, 2.45) is 5.73 Å². The normalized spacial score (nSPS) is 10.5. The molecule has 1 heterocycles. The lowest BCUT2D eigenvalue weighted by Gasteiger charge is -2.22. The highest BCUT2D eigenvalue weighted by molar-refractivity contribution is 5.95. The predicted molar refractivity (Wildman–Crippen MR) is 103 cm³/mol. The quantitative estimate of drug-likeness (QED) is 0.456. The second kappa shape index (κ2) is 8.74. The standard InChI is InChI=1S/C19H18N6O4/c20-18(26)8-9-23(11-14-4-2-1-3-5-14)19(27)15-6-7-16(17(10-15)25(28)29)24-13-21-12-22-24/h1-7,10,12-13H,8-9,11H2,(H2,20,26). The summed E-state index contributed by atoms with van der Waals surface area (Å²) >= 11 is 0. The molecule has 0 radical (unpaired) electrons. The van der Waals surface area contributed by atoms with Crippen LogP contribution in [0.1, 0.15) is 22.3 Å². The Bertz CT molecular complexity index is 1020. The second-order valence-electron chi connectivity index (χ2n) is 6.23. The minimum atomic E-state index is -0.585. The van der Waals surface area contributed by atoms with E-state index in [1.165, 1.54) is 40.4 Å². The van der Waals surface area contributed by atoms with E-state index in [4.69, 9.17) is 5.73 Å². The molecular weight excluding hydrogens is 376 g/mol. The zero-order valence-electron chi connectivity index (χ0n) is 15.3. The molecule has 2 N–H and O–H groups in total. The number of nitrogens with zero attached hydrogens (tertiary/aromatic N) is 5. The van der Waals surface area contributed by atoms with E-state index in [1.54, 1.807) is 0 Å². The van der Waals surface area contributed by atoms with Gasteiger partial charge >= 0.3 is 0 Å². The molecule has 3 aromatic rings. The van der Waals surface area contributed by atoms with Crippen LogP contribution in [0.3, 0.4) is 0 Å². The summed E-state index contributed by atoms with van der Waals surface area (Å²) in [4.78, 5) is 40.4. The molecule has 0 unspecified atom stereocenters. The molecule has 148 valence electrons. The van der Waals surface area contributed by atoms with E-state index in [-0.39, 0.29) is 36.4 Å². The summed E-state index contributed by atoms with van der Waals surface area (Å²) in [6.07, 6.45) is 2.57. The van der Waals surface area contributed by atoms with Gasteiger partial charge in [0.15, 0.2) is 0 Å². The molecule has 29 heavy (non-hydrogen) atoms. The summed E-state index contributed by atoms with van der Waals surface area (Å²) in [5, 5.41) is 15.4. The first kappa shape index (κ1) is 19.7. The van der Waals surface area contributed by atoms with Gasteiger partial charge in [-0.3, -0.25) is 19.7 Å². The number of nitrogens with two attached hydrogens (primary N) is 1. The average molecular weight is 394 g/mol. The van der Waals surface area contributed by atoms with Crippen LogP contribution in [0.15, 0.2) is 61.2 Å². The summed E-state index contributed by atoms with van der Waals surface area (Å²) < 4.78 is 1.25. The number of hydrogen-bond donors (Lipinski definition) is 1. The van der Waals surface area contributed by atoms with Gasteiger partial charge in [-0.1, -0.05) is 30.3 Å². The van der Waals surface area contributed by atoms with Gasteiger partial charge in [0.2, 0.25) is 5.91 Å². The second-order valence-corrected chi connectivity index (χ2v) is 6.23. The fraction of sp³-hybridized carbons (Fsp3) is 0.158. The molecule has 0 aliphatic carbocycles. The van der Waals surface area contributed by atoms with Crippen LogP contribution in [-0.2, 0) is 11.3 Å². The molecule has 10 heteroatoms. The van der Waals surface area contributed by atoms with Gasteiger partial charge in [-0.15, -0.1) is 0 Å². The van der Waals surface area contributed by atoms with Gasteiger partial charge in [-0.25, -0.2) is 9.67 Å². The van der Waals surface area contributed by atoms with E-state index in [0.717, 1.165) is 5.56 Å². The Hall–Kier alpha value is -4.08. The molecular formula is C19H18N6O4. The van der Waals surface area contributed by atoms with Crippen LogP contribution in [0.2, 0.25) is 0 Å². The van der Waals surface area contributed by atoms with Gasteiger partial charge in [0.25, 0.3) is 11.6 Å².